The molecule has 0 aliphatic heterocycles. The van der Waals surface area contributed by atoms with Crippen LogP contribution in [0, 0.1) is 0 Å². The first-order chi connectivity index (χ1) is 10.2. The fourth-order valence-electron chi connectivity index (χ4n) is 1.83. The van der Waals surface area contributed by atoms with Crippen molar-refractivity contribution in [2.24, 2.45) is 5.73 Å². The maximum Gasteiger partial charge on any atom is 0.137 e. The highest BCUT2D eigenvalue weighted by Crippen LogP contribution is 2.27. The summed E-state index contributed by atoms with van der Waals surface area (Å²) >= 11 is 11.9. The molecule has 2 aromatic rings. The minimum absolute atomic E-state index is 0.465. The zero-order chi connectivity index (χ0) is 15.1. The smallest absolute Gasteiger partial charge is 0.137 e. The van der Waals surface area contributed by atoms with Crippen molar-refractivity contribution in [2.45, 2.75) is 13.0 Å². The molecule has 0 saturated carbocycles. The molecule has 0 aliphatic rings. The highest BCUT2D eigenvalue weighted by Gasteiger charge is 2.03. The number of para-hydroxylation sites is 1. The van der Waals surface area contributed by atoms with Crippen molar-refractivity contribution in [3.05, 3.63) is 58.1 Å². The summed E-state index contributed by atoms with van der Waals surface area (Å²) in [4.78, 5) is 0. The largest absolute Gasteiger partial charge is 0.493 e. The molecule has 0 fully saturated rings. The third kappa shape index (κ3) is 4.81. The summed E-state index contributed by atoms with van der Waals surface area (Å²) in [6.45, 7) is 1.54. The monoisotopic (exact) mass is 325 g/mol. The van der Waals surface area contributed by atoms with Crippen molar-refractivity contribution in [1.82, 2.24) is 0 Å². The normalized spacial score (nSPS) is 10.4. The molecule has 0 aromatic heterocycles. The molecule has 0 aliphatic carbocycles. The van der Waals surface area contributed by atoms with Crippen LogP contribution in [0.5, 0.6) is 11.5 Å². The fraction of sp³-hybridized carbons (Fsp3) is 0.250. The third-order valence-corrected chi connectivity index (χ3v) is 3.42. The van der Waals surface area contributed by atoms with Crippen LogP contribution in [0.25, 0.3) is 0 Å². The van der Waals surface area contributed by atoms with Crippen LogP contribution in [0.15, 0.2) is 42.5 Å². The van der Waals surface area contributed by atoms with E-state index in [0.717, 1.165) is 17.7 Å². The van der Waals surface area contributed by atoms with Crippen LogP contribution in [-0.4, -0.2) is 13.2 Å². The Morgan fingerprint density at radius 1 is 0.905 bits per heavy atom. The topological polar surface area (TPSA) is 44.5 Å². The first-order valence-electron chi connectivity index (χ1n) is 6.69. The van der Waals surface area contributed by atoms with E-state index in [-0.39, 0.29) is 0 Å². The standard InChI is InChI=1S/C16H17Cl2NO2/c17-13-6-7-16(14(18)10-13)21-9-3-8-20-15-5-2-1-4-12(15)11-19/h1-2,4-7,10H,3,8-9,11,19H2. The third-order valence-electron chi connectivity index (χ3n) is 2.89. The van der Waals surface area contributed by atoms with Gasteiger partial charge in [-0.15, -0.1) is 0 Å². The van der Waals surface area contributed by atoms with E-state index >= 15 is 0 Å². The number of hydrogen-bond acceptors (Lipinski definition) is 3. The lowest BCUT2D eigenvalue weighted by molar-refractivity contribution is 0.246. The Labute approximate surface area is 134 Å². The van der Waals surface area contributed by atoms with Crippen molar-refractivity contribution in [3.8, 4) is 11.5 Å². The highest BCUT2D eigenvalue weighted by molar-refractivity contribution is 6.35. The summed E-state index contributed by atoms with van der Waals surface area (Å²) in [7, 11) is 0. The van der Waals surface area contributed by atoms with Crippen LogP contribution in [0.1, 0.15) is 12.0 Å². The number of hydrogen-bond donors (Lipinski definition) is 1. The minimum atomic E-state index is 0.465. The Bertz CT molecular complexity index is 590. The van der Waals surface area contributed by atoms with Gasteiger partial charge in [0.15, 0.2) is 0 Å². The predicted molar refractivity (Wildman–Crippen MR) is 86.4 cm³/mol. The van der Waals surface area contributed by atoms with E-state index in [2.05, 4.69) is 0 Å². The van der Waals surface area contributed by atoms with E-state index < -0.39 is 0 Å². The van der Waals surface area contributed by atoms with Crippen LogP contribution in [0.3, 0.4) is 0 Å². The van der Waals surface area contributed by atoms with Gasteiger partial charge in [0.1, 0.15) is 11.5 Å². The number of benzene rings is 2. The SMILES string of the molecule is NCc1ccccc1OCCCOc1ccc(Cl)cc1Cl. The van der Waals surface area contributed by atoms with E-state index in [0.29, 0.717) is 35.6 Å². The number of rotatable bonds is 7. The minimum Gasteiger partial charge on any atom is -0.493 e. The average molecular weight is 326 g/mol. The van der Waals surface area contributed by atoms with Gasteiger partial charge in [0.2, 0.25) is 0 Å². The average Bonchev–Trinajstić information content (AvgIpc) is 2.49. The zero-order valence-corrected chi connectivity index (χ0v) is 13.0. The summed E-state index contributed by atoms with van der Waals surface area (Å²) in [5.41, 5.74) is 6.65. The van der Waals surface area contributed by atoms with Gasteiger partial charge in [-0.1, -0.05) is 41.4 Å². The molecule has 0 unspecified atom stereocenters. The first kappa shape index (κ1) is 16.0. The van der Waals surface area contributed by atoms with Gasteiger partial charge in [0.25, 0.3) is 0 Å². The quantitative estimate of drug-likeness (QED) is 0.772. The van der Waals surface area contributed by atoms with Gasteiger partial charge in [-0.25, -0.2) is 0 Å². The molecule has 2 rings (SSSR count). The Morgan fingerprint density at radius 3 is 2.33 bits per heavy atom. The molecular weight excluding hydrogens is 309 g/mol. The maximum absolute atomic E-state index is 6.02. The second-order valence-electron chi connectivity index (χ2n) is 4.44. The van der Waals surface area contributed by atoms with Gasteiger partial charge >= 0.3 is 0 Å². The van der Waals surface area contributed by atoms with E-state index in [9.17, 15) is 0 Å². The molecule has 0 heterocycles. The molecule has 0 amide bonds. The predicted octanol–water partition coefficient (Wildman–Crippen LogP) is 4.30. The highest BCUT2D eigenvalue weighted by atomic mass is 35.5. The summed E-state index contributed by atoms with van der Waals surface area (Å²) in [6, 6.07) is 12.9. The van der Waals surface area contributed by atoms with Crippen molar-refractivity contribution in [3.63, 3.8) is 0 Å². The molecule has 0 atom stereocenters. The van der Waals surface area contributed by atoms with Crippen LogP contribution >= 0.6 is 23.2 Å². The van der Waals surface area contributed by atoms with E-state index in [1.165, 1.54) is 0 Å². The van der Waals surface area contributed by atoms with Crippen LogP contribution in [0.2, 0.25) is 10.0 Å². The molecule has 21 heavy (non-hydrogen) atoms. The molecule has 5 heteroatoms. The molecule has 0 spiro atoms. The molecule has 0 radical (unpaired) electrons. The first-order valence-corrected chi connectivity index (χ1v) is 7.45. The molecule has 0 saturated heterocycles. The van der Waals surface area contributed by atoms with Crippen molar-refractivity contribution in [1.29, 1.82) is 0 Å². The summed E-state index contributed by atoms with van der Waals surface area (Å²) in [5.74, 6) is 1.45. The number of halogens is 2. The van der Waals surface area contributed by atoms with E-state index in [4.69, 9.17) is 38.4 Å². The summed E-state index contributed by atoms with van der Waals surface area (Å²) in [6.07, 6.45) is 0.748. The Morgan fingerprint density at radius 2 is 1.62 bits per heavy atom. The summed E-state index contributed by atoms with van der Waals surface area (Å²) in [5, 5.41) is 1.10. The van der Waals surface area contributed by atoms with Gasteiger partial charge in [-0.3, -0.25) is 0 Å². The van der Waals surface area contributed by atoms with E-state index in [1.807, 2.05) is 24.3 Å². The Kier molecular flexibility index (Phi) is 6.18. The number of ether oxygens (including phenoxy) is 2. The molecule has 0 bridgehead atoms. The lowest BCUT2D eigenvalue weighted by Gasteiger charge is -2.11. The maximum atomic E-state index is 6.02. The van der Waals surface area contributed by atoms with Crippen LogP contribution < -0.4 is 15.2 Å². The molecular formula is C16H17Cl2NO2. The van der Waals surface area contributed by atoms with Gasteiger partial charge in [-0.2, -0.15) is 0 Å². The molecule has 3 nitrogen and oxygen atoms in total. The van der Waals surface area contributed by atoms with Gasteiger partial charge < -0.3 is 15.2 Å². The fourth-order valence-corrected chi connectivity index (χ4v) is 2.29. The summed E-state index contributed by atoms with van der Waals surface area (Å²) < 4.78 is 11.3. The van der Waals surface area contributed by atoms with Gasteiger partial charge in [0, 0.05) is 23.6 Å². The number of nitrogens with two attached hydrogens (primary N) is 1. The van der Waals surface area contributed by atoms with Crippen LogP contribution in [-0.2, 0) is 6.54 Å². The second kappa shape index (κ2) is 8.13. The molecule has 2 N–H and O–H groups in total. The van der Waals surface area contributed by atoms with Crippen molar-refractivity contribution >= 4 is 23.2 Å². The Hall–Kier alpha value is -1.42. The second-order valence-corrected chi connectivity index (χ2v) is 5.28. The van der Waals surface area contributed by atoms with E-state index in [1.54, 1.807) is 18.2 Å². The van der Waals surface area contributed by atoms with Crippen molar-refractivity contribution < 1.29 is 9.47 Å². The van der Waals surface area contributed by atoms with Crippen molar-refractivity contribution in [2.75, 3.05) is 13.2 Å². The van der Waals surface area contributed by atoms with Gasteiger partial charge in [-0.05, 0) is 24.3 Å². The molecule has 2 aromatic carbocycles. The lowest BCUT2D eigenvalue weighted by atomic mass is 10.2. The lowest BCUT2D eigenvalue weighted by Crippen LogP contribution is -2.07. The van der Waals surface area contributed by atoms with Gasteiger partial charge in [0.05, 0.1) is 18.2 Å². The van der Waals surface area contributed by atoms with Crippen LogP contribution in [0.4, 0.5) is 0 Å². The molecule has 112 valence electrons. The Balaban J connectivity index is 1.75. The zero-order valence-electron chi connectivity index (χ0n) is 11.5.